The molecule has 0 saturated carbocycles. The van der Waals surface area contributed by atoms with Gasteiger partial charge in [0.25, 0.3) is 0 Å². The molecule has 4 heteroatoms. The van der Waals surface area contributed by atoms with E-state index in [1.54, 1.807) is 16.7 Å². The molecule has 0 aromatic carbocycles. The number of amides is 1. The van der Waals surface area contributed by atoms with Gasteiger partial charge in [-0.1, -0.05) is 7.43 Å². The van der Waals surface area contributed by atoms with Gasteiger partial charge >= 0.3 is 0 Å². The molecule has 1 amide bonds. The van der Waals surface area contributed by atoms with Gasteiger partial charge in [0.1, 0.15) is 0 Å². The Morgan fingerprint density at radius 3 is 3.00 bits per heavy atom. The van der Waals surface area contributed by atoms with Crippen molar-refractivity contribution < 1.29 is 4.79 Å². The summed E-state index contributed by atoms with van der Waals surface area (Å²) in [6.45, 7) is 0. The summed E-state index contributed by atoms with van der Waals surface area (Å²) >= 11 is 5.99. The smallest absolute Gasteiger partial charge is 0.230 e. The van der Waals surface area contributed by atoms with Crippen molar-refractivity contribution in [2.45, 2.75) is 23.8 Å². The van der Waals surface area contributed by atoms with E-state index in [9.17, 15) is 4.79 Å². The van der Waals surface area contributed by atoms with Crippen molar-refractivity contribution in [3.8, 4) is 0 Å². The van der Waals surface area contributed by atoms with Gasteiger partial charge in [-0.2, -0.15) is 12.6 Å². The monoisotopic (exact) mass is 189 g/mol. The Balaban J connectivity index is 0.000000605. The van der Waals surface area contributed by atoms with Crippen molar-refractivity contribution in [2.75, 3.05) is 0 Å². The first-order valence-corrected chi connectivity index (χ1v) is 4.56. The van der Waals surface area contributed by atoms with E-state index in [1.165, 1.54) is 0 Å². The molecule has 1 saturated heterocycles. The second-order valence-corrected chi connectivity index (χ2v) is 4.56. The van der Waals surface area contributed by atoms with E-state index in [0.29, 0.717) is 11.8 Å². The lowest BCUT2D eigenvalue weighted by Gasteiger charge is -2.40. The number of hydrogen-bond acceptors (Lipinski definition) is 3. The highest BCUT2D eigenvalue weighted by molar-refractivity contribution is 8.11. The van der Waals surface area contributed by atoms with Crippen molar-refractivity contribution >= 4 is 30.3 Å². The van der Waals surface area contributed by atoms with Crippen LogP contribution in [0.1, 0.15) is 13.8 Å². The van der Waals surface area contributed by atoms with Crippen molar-refractivity contribution in [1.29, 1.82) is 0 Å². The molecule has 1 unspecified atom stereocenters. The minimum Gasteiger partial charge on any atom is -0.306 e. The van der Waals surface area contributed by atoms with E-state index in [0.717, 1.165) is 0 Å². The van der Waals surface area contributed by atoms with Crippen molar-refractivity contribution in [3.63, 3.8) is 0 Å². The van der Waals surface area contributed by atoms with E-state index < -0.39 is 0 Å². The fraction of sp³-hybridized carbons (Fsp3) is 0.571. The summed E-state index contributed by atoms with van der Waals surface area (Å²) < 4.78 is 0.273. The van der Waals surface area contributed by atoms with Crippen LogP contribution in [0.3, 0.4) is 0 Å². The van der Waals surface area contributed by atoms with Gasteiger partial charge in [-0.05, 0) is 6.08 Å². The Labute approximate surface area is 76.4 Å². The normalized spacial score (nSPS) is 33.9. The van der Waals surface area contributed by atoms with E-state index in [4.69, 9.17) is 0 Å². The van der Waals surface area contributed by atoms with Gasteiger partial charge in [-0.25, -0.2) is 0 Å². The van der Waals surface area contributed by atoms with E-state index in [1.807, 2.05) is 12.3 Å². The van der Waals surface area contributed by atoms with Gasteiger partial charge in [-0.3, -0.25) is 4.79 Å². The molecule has 0 N–H and O–H groups in total. The molecule has 0 aromatic rings. The average Bonchev–Trinajstić information content (AvgIpc) is 1.86. The minimum absolute atomic E-state index is 0. The summed E-state index contributed by atoms with van der Waals surface area (Å²) in [5.41, 5.74) is 0. The molecule has 1 fully saturated rings. The van der Waals surface area contributed by atoms with E-state index in [2.05, 4.69) is 12.6 Å². The number of thioether (sulfide) groups is 1. The molecule has 2 rings (SSSR count). The second kappa shape index (κ2) is 3.11. The van der Waals surface area contributed by atoms with Gasteiger partial charge in [0.2, 0.25) is 5.91 Å². The van der Waals surface area contributed by atoms with Crippen LogP contribution in [0.5, 0.6) is 0 Å². The predicted octanol–water partition coefficient (Wildman–Crippen LogP) is 1.70. The largest absolute Gasteiger partial charge is 0.306 e. The highest BCUT2D eigenvalue weighted by atomic mass is 32.2. The Morgan fingerprint density at radius 2 is 2.45 bits per heavy atom. The standard InChI is InChI=1S/C6H7NOS2.CH4/c8-4-3-5-7(4)2-1-6(9)10-5;/h1-2,5-6,9H,3H2;1H4/t5-,6?;/m1./s1. The molecule has 2 aliphatic rings. The summed E-state index contributed by atoms with van der Waals surface area (Å²) in [6, 6.07) is 0. The van der Waals surface area contributed by atoms with Crippen LogP contribution in [0.25, 0.3) is 0 Å². The molecule has 2 aliphatic heterocycles. The summed E-state index contributed by atoms with van der Waals surface area (Å²) in [4.78, 5) is 12.6. The maximum atomic E-state index is 10.8. The van der Waals surface area contributed by atoms with Crippen molar-refractivity contribution in [1.82, 2.24) is 4.90 Å². The molecule has 0 spiro atoms. The van der Waals surface area contributed by atoms with E-state index >= 15 is 0 Å². The molecule has 2 nitrogen and oxygen atoms in total. The zero-order valence-corrected chi connectivity index (χ0v) is 6.94. The van der Waals surface area contributed by atoms with Gasteiger partial charge < -0.3 is 4.90 Å². The summed E-state index contributed by atoms with van der Waals surface area (Å²) in [5, 5.41) is 0.375. The Kier molecular flexibility index (Phi) is 2.54. The average molecular weight is 189 g/mol. The molecule has 11 heavy (non-hydrogen) atoms. The Bertz CT molecular complexity index is 205. The molecule has 2 atom stereocenters. The molecule has 2 heterocycles. The maximum Gasteiger partial charge on any atom is 0.230 e. The zero-order valence-electron chi connectivity index (χ0n) is 5.23. The number of rotatable bonds is 0. The fourth-order valence-electron chi connectivity index (χ4n) is 1.07. The fourth-order valence-corrected chi connectivity index (χ4v) is 2.61. The number of hydrogen-bond donors (Lipinski definition) is 1. The molecular weight excluding hydrogens is 178 g/mol. The molecule has 62 valence electrons. The highest BCUT2D eigenvalue weighted by Gasteiger charge is 2.37. The number of β-lactam (4-membered cyclic amide) rings is 1. The molecule has 0 aromatic heterocycles. The summed E-state index contributed by atoms with van der Waals surface area (Å²) in [5.74, 6) is 0.231. The van der Waals surface area contributed by atoms with Crippen molar-refractivity contribution in [3.05, 3.63) is 12.3 Å². The number of nitrogens with zero attached hydrogens (tertiary/aromatic N) is 1. The Hall–Kier alpha value is -0.0900. The van der Waals surface area contributed by atoms with Crippen molar-refractivity contribution in [2.24, 2.45) is 0 Å². The SMILES string of the molecule is C.O=C1C[C@H]2SC(S)C=CN12. The number of fused-ring (bicyclic) bond motifs is 1. The second-order valence-electron chi connectivity index (χ2n) is 2.33. The summed E-state index contributed by atoms with van der Waals surface area (Å²) in [6.07, 6.45) is 4.46. The van der Waals surface area contributed by atoms with Gasteiger partial charge in [0.05, 0.1) is 16.4 Å². The summed E-state index contributed by atoms with van der Waals surface area (Å²) in [7, 11) is 0. The van der Waals surface area contributed by atoms with Gasteiger partial charge in [0.15, 0.2) is 0 Å². The van der Waals surface area contributed by atoms with E-state index in [-0.39, 0.29) is 17.9 Å². The van der Waals surface area contributed by atoms with Crippen LogP contribution in [0.4, 0.5) is 0 Å². The van der Waals surface area contributed by atoms with Crippen LogP contribution in [0.15, 0.2) is 12.3 Å². The first-order valence-electron chi connectivity index (χ1n) is 3.10. The molecule has 0 aliphatic carbocycles. The van der Waals surface area contributed by atoms with Crippen LogP contribution in [0, 0.1) is 0 Å². The van der Waals surface area contributed by atoms with Crippen LogP contribution < -0.4 is 0 Å². The van der Waals surface area contributed by atoms with Gasteiger partial charge in [0, 0.05) is 6.20 Å². The lowest BCUT2D eigenvalue weighted by atomic mass is 10.2. The first-order chi connectivity index (χ1) is 4.77. The molecule has 0 bridgehead atoms. The highest BCUT2D eigenvalue weighted by Crippen LogP contribution is 2.37. The predicted molar refractivity (Wildman–Crippen MR) is 51.5 cm³/mol. The third-order valence-electron chi connectivity index (χ3n) is 1.66. The minimum atomic E-state index is 0. The van der Waals surface area contributed by atoms with Crippen LogP contribution in [-0.4, -0.2) is 20.8 Å². The van der Waals surface area contributed by atoms with Crippen LogP contribution >= 0.6 is 24.4 Å². The third-order valence-corrected chi connectivity index (χ3v) is 3.34. The maximum absolute atomic E-state index is 10.8. The van der Waals surface area contributed by atoms with Crippen LogP contribution in [0.2, 0.25) is 0 Å². The lowest BCUT2D eigenvalue weighted by molar-refractivity contribution is -0.137. The topological polar surface area (TPSA) is 20.3 Å². The number of thiol groups is 1. The van der Waals surface area contributed by atoms with Gasteiger partial charge in [-0.15, -0.1) is 11.8 Å². The van der Waals surface area contributed by atoms with Crippen LogP contribution in [-0.2, 0) is 4.79 Å². The zero-order chi connectivity index (χ0) is 7.14. The number of carbonyl (C=O) groups is 1. The lowest BCUT2D eigenvalue weighted by Crippen LogP contribution is -2.49. The quantitative estimate of drug-likeness (QED) is 0.462. The molecular formula is C7H11NOS2. The number of carbonyl (C=O) groups excluding carboxylic acids is 1. The first kappa shape index (κ1) is 9.00. The molecule has 0 radical (unpaired) electrons. The Morgan fingerprint density at radius 1 is 1.73 bits per heavy atom. The third kappa shape index (κ3) is 1.42.